The first kappa shape index (κ1) is 24.4. The number of nitrogens with zero attached hydrogens (tertiary/aromatic N) is 1. The van der Waals surface area contributed by atoms with Crippen LogP contribution in [0.1, 0.15) is 61.0 Å². The van der Waals surface area contributed by atoms with Gasteiger partial charge in [0, 0.05) is 20.1 Å². The van der Waals surface area contributed by atoms with Gasteiger partial charge in [-0.3, -0.25) is 9.78 Å². The molecular formula is C22H32N4O5. The van der Waals surface area contributed by atoms with Gasteiger partial charge in [0.1, 0.15) is 11.4 Å². The highest BCUT2D eigenvalue weighted by atomic mass is 16.7. The Kier molecular flexibility index (Phi) is 8.18. The Hall–Kier alpha value is -2.91. The van der Waals surface area contributed by atoms with E-state index in [1.165, 1.54) is 14.2 Å². The molecule has 0 amide bonds. The smallest absolute Gasteiger partial charge is 0.338 e. The molecule has 0 fully saturated rings. The van der Waals surface area contributed by atoms with Gasteiger partial charge in [-0.1, -0.05) is 12.1 Å². The van der Waals surface area contributed by atoms with Crippen molar-refractivity contribution in [2.24, 2.45) is 0 Å². The van der Waals surface area contributed by atoms with Crippen LogP contribution < -0.4 is 17.0 Å². The van der Waals surface area contributed by atoms with Crippen molar-refractivity contribution >= 4 is 17.7 Å². The van der Waals surface area contributed by atoms with E-state index < -0.39 is 23.4 Å². The summed E-state index contributed by atoms with van der Waals surface area (Å²) in [6.07, 6.45) is 1.36. The molecule has 0 aliphatic heterocycles. The van der Waals surface area contributed by atoms with Crippen LogP contribution in [0.4, 0.5) is 11.8 Å². The molecule has 2 rings (SSSR count). The summed E-state index contributed by atoms with van der Waals surface area (Å²) in [5.41, 5.74) is 12.4. The predicted octanol–water partition coefficient (Wildman–Crippen LogP) is 2.61. The van der Waals surface area contributed by atoms with Crippen LogP contribution in [-0.4, -0.2) is 42.0 Å². The molecule has 1 unspecified atom stereocenters. The van der Waals surface area contributed by atoms with Crippen molar-refractivity contribution in [3.05, 3.63) is 51.3 Å². The number of benzene rings is 1. The minimum atomic E-state index is -0.664. The largest absolute Gasteiger partial charge is 0.456 e. The van der Waals surface area contributed by atoms with Crippen molar-refractivity contribution in [3.63, 3.8) is 0 Å². The van der Waals surface area contributed by atoms with Crippen LogP contribution in [0, 0.1) is 0 Å². The number of hydrogen-bond acceptors (Lipinski definition) is 8. The van der Waals surface area contributed by atoms with Gasteiger partial charge in [-0.25, -0.2) is 4.79 Å². The summed E-state index contributed by atoms with van der Waals surface area (Å²) in [5.74, 6) is -0.755. The Morgan fingerprint density at radius 2 is 1.74 bits per heavy atom. The van der Waals surface area contributed by atoms with Gasteiger partial charge in [-0.05, 0) is 57.7 Å². The lowest BCUT2D eigenvalue weighted by molar-refractivity contribution is -0.119. The number of nitrogen functional groups attached to an aromatic ring is 2. The molecule has 0 aliphatic carbocycles. The summed E-state index contributed by atoms with van der Waals surface area (Å²) in [4.78, 5) is 31.1. The molecule has 9 nitrogen and oxygen atoms in total. The Balaban J connectivity index is 2.10. The van der Waals surface area contributed by atoms with Crippen LogP contribution in [0.25, 0.3) is 0 Å². The molecule has 1 atom stereocenters. The number of hydrogen-bond donors (Lipinski definition) is 3. The van der Waals surface area contributed by atoms with Gasteiger partial charge in [-0.2, -0.15) is 4.98 Å². The number of methoxy groups -OCH3 is 2. The Bertz CT molecular complexity index is 930. The lowest BCUT2D eigenvalue weighted by Crippen LogP contribution is -2.30. The predicted molar refractivity (Wildman–Crippen MR) is 119 cm³/mol. The first-order valence-electron chi connectivity index (χ1n) is 10.1. The van der Waals surface area contributed by atoms with Crippen LogP contribution >= 0.6 is 0 Å². The number of rotatable bonds is 9. The number of carbonyl (C=O) groups is 1. The lowest BCUT2D eigenvalue weighted by atomic mass is 9.92. The summed E-state index contributed by atoms with van der Waals surface area (Å²) >= 11 is 0. The highest BCUT2D eigenvalue weighted by molar-refractivity contribution is 5.89. The Morgan fingerprint density at radius 3 is 2.26 bits per heavy atom. The van der Waals surface area contributed by atoms with E-state index in [9.17, 15) is 9.59 Å². The summed E-state index contributed by atoms with van der Waals surface area (Å²) in [6, 6.07) is 7.29. The molecule has 9 heteroatoms. The van der Waals surface area contributed by atoms with Crippen LogP contribution in [-0.2, 0) is 20.6 Å². The molecule has 0 saturated heterocycles. The van der Waals surface area contributed by atoms with Gasteiger partial charge < -0.3 is 25.7 Å². The monoisotopic (exact) mass is 432 g/mol. The van der Waals surface area contributed by atoms with Gasteiger partial charge in [0.2, 0.25) is 5.95 Å². The third-order valence-electron chi connectivity index (χ3n) is 4.74. The minimum Gasteiger partial charge on any atom is -0.456 e. The maximum absolute atomic E-state index is 12.5. The molecule has 31 heavy (non-hydrogen) atoms. The molecular weight excluding hydrogens is 400 g/mol. The van der Waals surface area contributed by atoms with Crippen molar-refractivity contribution < 1.29 is 19.0 Å². The summed E-state index contributed by atoms with van der Waals surface area (Å²) in [5, 5.41) is 0. The number of ether oxygens (including phenoxy) is 3. The first-order valence-corrected chi connectivity index (χ1v) is 10.1. The van der Waals surface area contributed by atoms with E-state index in [1.54, 1.807) is 12.1 Å². The molecule has 0 radical (unpaired) electrons. The second-order valence-corrected chi connectivity index (χ2v) is 8.29. The fraction of sp³-hybridized carbons (Fsp3) is 0.500. The molecule has 1 heterocycles. The van der Waals surface area contributed by atoms with E-state index in [2.05, 4.69) is 9.97 Å². The van der Waals surface area contributed by atoms with Crippen LogP contribution in [0.2, 0.25) is 0 Å². The standard InChI is InChI=1S/C22H32N4O5/c1-22(2,3)31-19(28)14-11-9-13(10-12-14)7-6-8-15(20(29-4)30-5)16-17(23)25-21(24)26-18(16)27/h9-12,15,20H,6-8H2,1-5H3,(H5,23,24,25,26,27). The van der Waals surface area contributed by atoms with Crippen molar-refractivity contribution in [2.45, 2.75) is 57.8 Å². The average molecular weight is 433 g/mol. The van der Waals surface area contributed by atoms with E-state index in [-0.39, 0.29) is 17.7 Å². The molecule has 170 valence electrons. The molecule has 1 aromatic carbocycles. The number of nitrogens with one attached hydrogen (secondary N) is 1. The topological polar surface area (TPSA) is 143 Å². The van der Waals surface area contributed by atoms with E-state index in [0.717, 1.165) is 18.4 Å². The highest BCUT2D eigenvalue weighted by Crippen LogP contribution is 2.29. The zero-order chi connectivity index (χ0) is 23.2. The number of aromatic amines is 1. The molecule has 0 bridgehead atoms. The second-order valence-electron chi connectivity index (χ2n) is 8.29. The SMILES string of the molecule is COC(OC)C(CCCc1ccc(C(=O)OC(C)(C)C)cc1)c1c(N)nc(N)[nH]c1=O. The minimum absolute atomic E-state index is 0.0403. The van der Waals surface area contributed by atoms with E-state index in [4.69, 9.17) is 25.7 Å². The number of anilines is 2. The molecule has 0 saturated carbocycles. The first-order chi connectivity index (χ1) is 14.6. The zero-order valence-corrected chi connectivity index (χ0v) is 18.7. The Labute approximate surface area is 182 Å². The van der Waals surface area contributed by atoms with E-state index >= 15 is 0 Å². The quantitative estimate of drug-likeness (QED) is 0.405. The average Bonchev–Trinajstić information content (AvgIpc) is 2.67. The van der Waals surface area contributed by atoms with Crippen LogP contribution in [0.5, 0.6) is 0 Å². The number of aryl methyl sites for hydroxylation is 1. The number of H-pyrrole nitrogens is 1. The summed E-state index contributed by atoms with van der Waals surface area (Å²) < 4.78 is 16.2. The maximum Gasteiger partial charge on any atom is 0.338 e. The normalized spacial score (nSPS) is 12.7. The molecule has 0 aliphatic rings. The summed E-state index contributed by atoms with van der Waals surface area (Å²) in [6.45, 7) is 5.49. The van der Waals surface area contributed by atoms with Gasteiger partial charge in [-0.15, -0.1) is 0 Å². The van der Waals surface area contributed by atoms with Gasteiger partial charge >= 0.3 is 5.97 Å². The summed E-state index contributed by atoms with van der Waals surface area (Å²) in [7, 11) is 3.01. The second kappa shape index (κ2) is 10.4. The number of esters is 1. The van der Waals surface area contributed by atoms with Crippen LogP contribution in [0.15, 0.2) is 29.1 Å². The van der Waals surface area contributed by atoms with Crippen molar-refractivity contribution in [3.8, 4) is 0 Å². The van der Waals surface area contributed by atoms with Gasteiger partial charge in [0.15, 0.2) is 6.29 Å². The van der Waals surface area contributed by atoms with Crippen molar-refractivity contribution in [2.75, 3.05) is 25.7 Å². The third kappa shape index (κ3) is 6.80. The fourth-order valence-electron chi connectivity index (χ4n) is 3.39. The van der Waals surface area contributed by atoms with E-state index in [0.29, 0.717) is 17.5 Å². The molecule has 0 spiro atoms. The molecule has 2 aromatic rings. The number of aromatic nitrogens is 2. The van der Waals surface area contributed by atoms with Gasteiger partial charge in [0.25, 0.3) is 5.56 Å². The van der Waals surface area contributed by atoms with Gasteiger partial charge in [0.05, 0.1) is 11.1 Å². The lowest BCUT2D eigenvalue weighted by Gasteiger charge is -2.25. The Morgan fingerprint density at radius 1 is 1.13 bits per heavy atom. The highest BCUT2D eigenvalue weighted by Gasteiger charge is 2.28. The number of nitrogens with two attached hydrogens (primary N) is 2. The van der Waals surface area contributed by atoms with E-state index in [1.807, 2.05) is 32.9 Å². The number of carbonyl (C=O) groups excluding carboxylic acids is 1. The zero-order valence-electron chi connectivity index (χ0n) is 18.7. The maximum atomic E-state index is 12.5. The van der Waals surface area contributed by atoms with Crippen molar-refractivity contribution in [1.29, 1.82) is 0 Å². The van der Waals surface area contributed by atoms with Crippen LogP contribution in [0.3, 0.4) is 0 Å². The molecule has 5 N–H and O–H groups in total. The third-order valence-corrected chi connectivity index (χ3v) is 4.74. The van der Waals surface area contributed by atoms with Crippen molar-refractivity contribution in [1.82, 2.24) is 9.97 Å². The fourth-order valence-corrected chi connectivity index (χ4v) is 3.39. The molecule has 1 aromatic heterocycles.